The number of alkyl halides is 3. The van der Waals surface area contributed by atoms with E-state index in [4.69, 9.17) is 10.5 Å². The van der Waals surface area contributed by atoms with Crippen molar-refractivity contribution in [3.8, 4) is 28.1 Å². The second-order valence-electron chi connectivity index (χ2n) is 13.4. The van der Waals surface area contributed by atoms with Gasteiger partial charge >= 0.3 is 12.1 Å². The van der Waals surface area contributed by atoms with Crippen molar-refractivity contribution < 1.29 is 36.2 Å². The Balaban J connectivity index is 1.25. The van der Waals surface area contributed by atoms with Crippen LogP contribution in [0.3, 0.4) is 0 Å². The van der Waals surface area contributed by atoms with Gasteiger partial charge in [0.25, 0.3) is 0 Å². The van der Waals surface area contributed by atoms with E-state index in [1.165, 1.54) is 30.3 Å². The summed E-state index contributed by atoms with van der Waals surface area (Å²) >= 11 is 0. The standard InChI is InChI=1S/C37H35F3N6O5S/c1-52(49,50)26-6-2-4-24(17-26)28-18-23(22-8-10-29-25(16-22)5-3-13-42-29)7-9-27(28)33(37(38,39)40)51-32-19-31(44-35(41)45-32)46-14-11-36(12-15-46)20-30(34(47)48)43-21-36/h2-10,13,16-19,30,33,43H,11-12,14-15,20-21H2,1H3,(H,47,48)(H2,41,44,45). The number of nitrogens with zero attached hydrogens (tertiary/aromatic N) is 4. The van der Waals surface area contributed by atoms with E-state index in [1.54, 1.807) is 30.5 Å². The van der Waals surface area contributed by atoms with Crippen LogP contribution in [0.15, 0.2) is 90.0 Å². The number of ether oxygens (including phenoxy) is 1. The molecule has 2 aliphatic heterocycles. The number of anilines is 2. The number of halogens is 3. The van der Waals surface area contributed by atoms with Crippen LogP contribution >= 0.6 is 0 Å². The van der Waals surface area contributed by atoms with E-state index in [0.29, 0.717) is 50.3 Å². The number of nitrogens with one attached hydrogen (secondary N) is 1. The zero-order valence-corrected chi connectivity index (χ0v) is 28.8. The Kier molecular flexibility index (Phi) is 9.03. The van der Waals surface area contributed by atoms with Gasteiger partial charge in [0.2, 0.25) is 17.9 Å². The predicted molar refractivity (Wildman–Crippen MR) is 190 cm³/mol. The molecule has 0 bridgehead atoms. The van der Waals surface area contributed by atoms with E-state index >= 15 is 13.2 Å². The van der Waals surface area contributed by atoms with Crippen LogP contribution in [0.2, 0.25) is 0 Å². The van der Waals surface area contributed by atoms with E-state index in [0.717, 1.165) is 22.7 Å². The van der Waals surface area contributed by atoms with E-state index in [9.17, 15) is 18.3 Å². The SMILES string of the molecule is CS(=O)(=O)c1cccc(-c2cc(-c3ccc4ncccc4c3)ccc2C(Oc2cc(N3CCC4(CC3)CNC(C(=O)O)C4)nc(N)n2)C(F)(F)F)c1. The number of hydrogen-bond donors (Lipinski definition) is 3. The Hall–Kier alpha value is -5.28. The van der Waals surface area contributed by atoms with E-state index in [1.807, 2.05) is 29.2 Å². The van der Waals surface area contributed by atoms with Gasteiger partial charge in [0.1, 0.15) is 11.9 Å². The molecule has 1 spiro atoms. The first-order valence-electron chi connectivity index (χ1n) is 16.6. The molecule has 2 unspecified atom stereocenters. The number of carboxylic acids is 1. The predicted octanol–water partition coefficient (Wildman–Crippen LogP) is 6.06. The molecule has 0 amide bonds. The van der Waals surface area contributed by atoms with Crippen molar-refractivity contribution in [1.29, 1.82) is 0 Å². The van der Waals surface area contributed by atoms with Gasteiger partial charge in [0.15, 0.2) is 9.84 Å². The monoisotopic (exact) mass is 732 g/mol. The summed E-state index contributed by atoms with van der Waals surface area (Å²) in [5, 5.41) is 13.3. The molecule has 52 heavy (non-hydrogen) atoms. The number of nitrogen functional groups attached to an aromatic ring is 1. The van der Waals surface area contributed by atoms with Crippen molar-refractivity contribution in [2.24, 2.45) is 5.41 Å². The second kappa shape index (κ2) is 13.4. The molecule has 270 valence electrons. The minimum atomic E-state index is -4.94. The highest BCUT2D eigenvalue weighted by atomic mass is 32.2. The molecule has 11 nitrogen and oxygen atoms in total. The first-order chi connectivity index (χ1) is 24.7. The summed E-state index contributed by atoms with van der Waals surface area (Å²) < 4.78 is 76.0. The maximum absolute atomic E-state index is 15.1. The van der Waals surface area contributed by atoms with Gasteiger partial charge < -0.3 is 25.8 Å². The Morgan fingerprint density at radius 3 is 2.46 bits per heavy atom. The summed E-state index contributed by atoms with van der Waals surface area (Å²) in [6, 6.07) is 20.2. The van der Waals surface area contributed by atoms with Gasteiger partial charge in [-0.05, 0) is 83.3 Å². The van der Waals surface area contributed by atoms with Crippen LogP contribution in [-0.4, -0.2) is 72.6 Å². The van der Waals surface area contributed by atoms with Crippen LogP contribution in [0.25, 0.3) is 33.2 Å². The van der Waals surface area contributed by atoms with Crippen molar-refractivity contribution in [3.05, 3.63) is 90.6 Å². The molecule has 7 rings (SSSR count). The van der Waals surface area contributed by atoms with E-state index in [2.05, 4.69) is 20.3 Å². The number of carboxylic acid groups (broad SMARTS) is 1. The number of hydrogen-bond acceptors (Lipinski definition) is 10. The lowest BCUT2D eigenvalue weighted by Gasteiger charge is -2.39. The van der Waals surface area contributed by atoms with Gasteiger partial charge in [-0.15, -0.1) is 0 Å². The number of pyridine rings is 1. The Bertz CT molecular complexity index is 2280. The molecule has 2 fully saturated rings. The van der Waals surface area contributed by atoms with Gasteiger partial charge in [0, 0.05) is 49.1 Å². The normalized spacial score (nSPS) is 18.1. The smallest absolute Gasteiger partial charge is 0.429 e. The highest BCUT2D eigenvalue weighted by Crippen LogP contribution is 2.44. The van der Waals surface area contributed by atoms with Crippen molar-refractivity contribution >= 4 is 38.5 Å². The van der Waals surface area contributed by atoms with Crippen LogP contribution in [-0.2, 0) is 14.6 Å². The third-order valence-electron chi connectivity index (χ3n) is 9.89. The molecule has 5 aromatic rings. The maximum Gasteiger partial charge on any atom is 0.429 e. The summed E-state index contributed by atoms with van der Waals surface area (Å²) in [6.07, 6.45) is -2.95. The van der Waals surface area contributed by atoms with Crippen molar-refractivity contribution in [1.82, 2.24) is 20.3 Å². The molecule has 2 aliphatic rings. The van der Waals surface area contributed by atoms with Crippen LogP contribution in [0.4, 0.5) is 24.9 Å². The molecule has 4 N–H and O–H groups in total. The summed E-state index contributed by atoms with van der Waals surface area (Å²) in [5.74, 6) is -1.26. The third kappa shape index (κ3) is 7.23. The lowest BCUT2D eigenvalue weighted by atomic mass is 9.76. The molecular formula is C37H35F3N6O5S. The van der Waals surface area contributed by atoms with Gasteiger partial charge in [-0.3, -0.25) is 9.78 Å². The molecule has 15 heteroatoms. The topological polar surface area (TPSA) is 161 Å². The quantitative estimate of drug-likeness (QED) is 0.170. The molecule has 2 saturated heterocycles. The fraction of sp³-hybridized carbons (Fsp3) is 0.297. The number of sulfone groups is 1. The van der Waals surface area contributed by atoms with Crippen molar-refractivity contribution in [2.75, 3.05) is 36.5 Å². The summed E-state index contributed by atoms with van der Waals surface area (Å²) in [7, 11) is -3.69. The molecular weight excluding hydrogens is 698 g/mol. The zero-order valence-electron chi connectivity index (χ0n) is 28.0. The fourth-order valence-electron chi connectivity index (χ4n) is 7.13. The summed E-state index contributed by atoms with van der Waals surface area (Å²) in [6.45, 7) is 1.54. The van der Waals surface area contributed by atoms with E-state index in [-0.39, 0.29) is 38.8 Å². The van der Waals surface area contributed by atoms with Gasteiger partial charge in [0.05, 0.1) is 10.4 Å². The molecule has 0 saturated carbocycles. The highest BCUT2D eigenvalue weighted by molar-refractivity contribution is 7.90. The number of carbonyl (C=O) groups is 1. The maximum atomic E-state index is 15.1. The number of aliphatic carboxylic acids is 1. The molecule has 0 aliphatic carbocycles. The van der Waals surface area contributed by atoms with Crippen molar-refractivity contribution in [3.63, 3.8) is 0 Å². The number of fused-ring (bicyclic) bond motifs is 1. The van der Waals surface area contributed by atoms with Gasteiger partial charge in [-0.25, -0.2) is 8.42 Å². The van der Waals surface area contributed by atoms with E-state index < -0.39 is 34.1 Å². The molecule has 2 atom stereocenters. The molecule has 4 heterocycles. The Morgan fingerprint density at radius 2 is 1.75 bits per heavy atom. The van der Waals surface area contributed by atoms with Gasteiger partial charge in [-0.1, -0.05) is 36.4 Å². The number of nitrogens with two attached hydrogens (primary N) is 1. The zero-order chi connectivity index (χ0) is 36.8. The molecule has 3 aromatic carbocycles. The van der Waals surface area contributed by atoms with Crippen LogP contribution < -0.4 is 20.7 Å². The Labute approximate surface area is 297 Å². The minimum Gasteiger partial charge on any atom is -0.480 e. The lowest BCUT2D eigenvalue weighted by molar-refractivity contribution is -0.198. The molecule has 2 aromatic heterocycles. The third-order valence-corrected chi connectivity index (χ3v) is 11.0. The number of aromatic nitrogens is 3. The average molecular weight is 733 g/mol. The van der Waals surface area contributed by atoms with Crippen LogP contribution in [0.1, 0.15) is 30.9 Å². The number of benzene rings is 3. The average Bonchev–Trinajstić information content (AvgIpc) is 3.53. The second-order valence-corrected chi connectivity index (χ2v) is 15.5. The molecule has 0 radical (unpaired) electrons. The number of rotatable bonds is 8. The van der Waals surface area contributed by atoms with Crippen LogP contribution in [0, 0.1) is 5.41 Å². The summed E-state index contributed by atoms with van der Waals surface area (Å²) in [5.41, 5.74) is 7.99. The number of piperidine rings is 1. The summed E-state index contributed by atoms with van der Waals surface area (Å²) in [4.78, 5) is 26.0. The van der Waals surface area contributed by atoms with Gasteiger partial charge in [-0.2, -0.15) is 23.1 Å². The minimum absolute atomic E-state index is 0.0500. The van der Waals surface area contributed by atoms with Crippen LogP contribution in [0.5, 0.6) is 5.88 Å². The largest absolute Gasteiger partial charge is 0.480 e. The first kappa shape index (κ1) is 35.1. The fourth-order valence-corrected chi connectivity index (χ4v) is 7.79. The highest BCUT2D eigenvalue weighted by Gasteiger charge is 2.46. The lowest BCUT2D eigenvalue weighted by Crippen LogP contribution is -2.41. The Morgan fingerprint density at radius 1 is 1.00 bits per heavy atom. The van der Waals surface area contributed by atoms with Crippen molar-refractivity contribution in [2.45, 2.75) is 42.5 Å². The first-order valence-corrected chi connectivity index (χ1v) is 18.5.